The molecule has 1 aliphatic rings. The van der Waals surface area contributed by atoms with Crippen LogP contribution in [0.2, 0.25) is 0 Å². The van der Waals surface area contributed by atoms with Gasteiger partial charge in [-0.05, 0) is 24.4 Å². The van der Waals surface area contributed by atoms with Crippen molar-refractivity contribution in [2.45, 2.75) is 13.3 Å². The number of likely N-dealkylation sites (tertiary alicyclic amines) is 1. The number of halogens is 1. The van der Waals surface area contributed by atoms with Crippen molar-refractivity contribution < 1.29 is 9.72 Å². The maximum atomic E-state index is 12.4. The highest BCUT2D eigenvalue weighted by Crippen LogP contribution is 2.30. The van der Waals surface area contributed by atoms with Gasteiger partial charge in [-0.15, -0.1) is 12.4 Å². The van der Waals surface area contributed by atoms with Gasteiger partial charge in [-0.2, -0.15) is 0 Å². The van der Waals surface area contributed by atoms with E-state index in [4.69, 9.17) is 5.73 Å². The third-order valence-electron chi connectivity index (χ3n) is 3.67. The van der Waals surface area contributed by atoms with E-state index < -0.39 is 4.92 Å². The summed E-state index contributed by atoms with van der Waals surface area (Å²) in [5, 5.41) is 10.9. The number of carbonyl (C=O) groups excluding carboxylic acids is 1. The molecule has 1 amide bonds. The number of nitrogens with two attached hydrogens (primary N) is 1. The molecule has 0 bridgehead atoms. The lowest BCUT2D eigenvalue weighted by atomic mass is 9.90. The molecule has 0 spiro atoms. The van der Waals surface area contributed by atoms with E-state index >= 15 is 0 Å². The van der Waals surface area contributed by atoms with Crippen molar-refractivity contribution in [3.63, 3.8) is 0 Å². The predicted molar refractivity (Wildman–Crippen MR) is 78.0 cm³/mol. The van der Waals surface area contributed by atoms with Gasteiger partial charge in [0.2, 0.25) is 0 Å². The number of nitro groups is 1. The van der Waals surface area contributed by atoms with Gasteiger partial charge in [0.25, 0.3) is 11.6 Å². The Hall–Kier alpha value is -1.66. The minimum atomic E-state index is -0.522. The Bertz CT molecular complexity index is 523. The van der Waals surface area contributed by atoms with Gasteiger partial charge in [0.15, 0.2) is 0 Å². The first-order valence-corrected chi connectivity index (χ1v) is 6.20. The molecule has 0 radical (unpaired) electrons. The van der Waals surface area contributed by atoms with Crippen molar-refractivity contribution in [1.29, 1.82) is 0 Å². The van der Waals surface area contributed by atoms with Crippen LogP contribution in [0.3, 0.4) is 0 Å². The summed E-state index contributed by atoms with van der Waals surface area (Å²) < 4.78 is 0. The zero-order chi connectivity index (χ0) is 14.0. The average molecular weight is 300 g/mol. The quantitative estimate of drug-likeness (QED) is 0.681. The monoisotopic (exact) mass is 299 g/mol. The van der Waals surface area contributed by atoms with Crippen molar-refractivity contribution in [2.24, 2.45) is 11.1 Å². The largest absolute Gasteiger partial charge is 0.338 e. The lowest BCUT2D eigenvalue weighted by Gasteiger charge is -2.22. The summed E-state index contributed by atoms with van der Waals surface area (Å²) in [5.74, 6) is -0.288. The number of hydrogen-bond donors (Lipinski definition) is 1. The summed E-state index contributed by atoms with van der Waals surface area (Å²) >= 11 is 0. The number of para-hydroxylation sites is 1. The van der Waals surface area contributed by atoms with E-state index in [2.05, 4.69) is 0 Å². The molecule has 2 N–H and O–H groups in total. The van der Waals surface area contributed by atoms with Crippen molar-refractivity contribution in [2.75, 3.05) is 19.6 Å². The fraction of sp³-hybridized carbons (Fsp3) is 0.462. The molecule has 6 nitrogen and oxygen atoms in total. The van der Waals surface area contributed by atoms with Gasteiger partial charge in [-0.25, -0.2) is 0 Å². The van der Waals surface area contributed by atoms with Crippen LogP contribution in [0.4, 0.5) is 5.69 Å². The van der Waals surface area contributed by atoms with Gasteiger partial charge in [0.05, 0.1) is 4.92 Å². The van der Waals surface area contributed by atoms with Gasteiger partial charge in [0.1, 0.15) is 5.56 Å². The molecule has 1 fully saturated rings. The number of amides is 1. The minimum absolute atomic E-state index is 0. The second-order valence-corrected chi connectivity index (χ2v) is 5.27. The Morgan fingerprint density at radius 1 is 1.50 bits per heavy atom. The Morgan fingerprint density at radius 3 is 2.70 bits per heavy atom. The van der Waals surface area contributed by atoms with Crippen LogP contribution >= 0.6 is 12.4 Å². The Morgan fingerprint density at radius 2 is 2.15 bits per heavy atom. The molecule has 1 unspecified atom stereocenters. The Kier molecular flexibility index (Phi) is 5.08. The van der Waals surface area contributed by atoms with Gasteiger partial charge in [0, 0.05) is 19.2 Å². The Balaban J connectivity index is 0.00000200. The normalized spacial score (nSPS) is 21.4. The van der Waals surface area contributed by atoms with E-state index in [0.717, 1.165) is 6.42 Å². The predicted octanol–water partition coefficient (Wildman–Crippen LogP) is 1.83. The lowest BCUT2D eigenvalue weighted by molar-refractivity contribution is -0.385. The number of carbonyl (C=O) groups is 1. The fourth-order valence-corrected chi connectivity index (χ4v) is 2.35. The molecule has 1 aromatic carbocycles. The van der Waals surface area contributed by atoms with Crippen LogP contribution < -0.4 is 5.73 Å². The molecule has 2 rings (SSSR count). The molecule has 1 heterocycles. The van der Waals surface area contributed by atoms with E-state index in [1.165, 1.54) is 12.1 Å². The van der Waals surface area contributed by atoms with Crippen molar-refractivity contribution in [1.82, 2.24) is 4.90 Å². The second-order valence-electron chi connectivity index (χ2n) is 5.27. The van der Waals surface area contributed by atoms with Crippen LogP contribution in [0.25, 0.3) is 0 Å². The molecule has 110 valence electrons. The highest BCUT2D eigenvalue weighted by molar-refractivity contribution is 5.98. The minimum Gasteiger partial charge on any atom is -0.338 e. The number of nitro benzene ring substituents is 1. The van der Waals surface area contributed by atoms with Crippen LogP contribution in [0.1, 0.15) is 23.7 Å². The van der Waals surface area contributed by atoms with E-state index in [9.17, 15) is 14.9 Å². The van der Waals surface area contributed by atoms with E-state index in [1.54, 1.807) is 17.0 Å². The molecule has 1 saturated heterocycles. The van der Waals surface area contributed by atoms with Gasteiger partial charge in [-0.1, -0.05) is 19.1 Å². The third-order valence-corrected chi connectivity index (χ3v) is 3.67. The SMILES string of the molecule is CC1(CN)CCN(C(=O)c2ccccc2[N+](=O)[O-])C1.Cl. The van der Waals surface area contributed by atoms with Crippen molar-refractivity contribution in [3.05, 3.63) is 39.9 Å². The van der Waals surface area contributed by atoms with E-state index in [1.807, 2.05) is 6.92 Å². The number of rotatable bonds is 3. The molecule has 0 aliphatic carbocycles. The van der Waals surface area contributed by atoms with E-state index in [-0.39, 0.29) is 35.0 Å². The standard InChI is InChI=1S/C13H17N3O3.ClH/c1-13(8-14)6-7-15(9-13)12(17)10-4-2-3-5-11(10)16(18)19;/h2-5H,6-9,14H2,1H3;1H. The number of nitrogens with zero attached hydrogens (tertiary/aromatic N) is 2. The number of hydrogen-bond acceptors (Lipinski definition) is 4. The average Bonchev–Trinajstić information content (AvgIpc) is 2.81. The molecule has 1 aromatic rings. The summed E-state index contributed by atoms with van der Waals surface area (Å²) in [4.78, 5) is 24.4. The van der Waals surface area contributed by atoms with Crippen molar-refractivity contribution in [3.8, 4) is 0 Å². The zero-order valence-corrected chi connectivity index (χ0v) is 12.1. The van der Waals surface area contributed by atoms with Crippen LogP contribution in [0.15, 0.2) is 24.3 Å². The first-order chi connectivity index (χ1) is 8.97. The summed E-state index contributed by atoms with van der Waals surface area (Å²) in [6.07, 6.45) is 0.829. The molecular formula is C13H18ClN3O3. The third kappa shape index (κ3) is 3.08. The van der Waals surface area contributed by atoms with E-state index in [0.29, 0.717) is 19.6 Å². The van der Waals surface area contributed by atoms with Crippen LogP contribution in [-0.4, -0.2) is 35.4 Å². The lowest BCUT2D eigenvalue weighted by Crippen LogP contribution is -2.34. The molecule has 20 heavy (non-hydrogen) atoms. The second kappa shape index (κ2) is 6.19. The van der Waals surface area contributed by atoms with Crippen LogP contribution in [-0.2, 0) is 0 Å². The highest BCUT2D eigenvalue weighted by Gasteiger charge is 2.36. The molecule has 1 atom stereocenters. The van der Waals surface area contributed by atoms with Crippen LogP contribution in [0.5, 0.6) is 0 Å². The molecule has 0 aromatic heterocycles. The highest BCUT2D eigenvalue weighted by atomic mass is 35.5. The summed E-state index contributed by atoms with van der Waals surface area (Å²) in [6.45, 7) is 3.68. The number of benzene rings is 1. The first-order valence-electron chi connectivity index (χ1n) is 6.20. The topological polar surface area (TPSA) is 89.5 Å². The summed E-state index contributed by atoms with van der Waals surface area (Å²) in [7, 11) is 0. The molecule has 1 aliphatic heterocycles. The maximum Gasteiger partial charge on any atom is 0.282 e. The first kappa shape index (κ1) is 16.4. The summed E-state index contributed by atoms with van der Waals surface area (Å²) in [6, 6.07) is 6.05. The van der Waals surface area contributed by atoms with Gasteiger partial charge < -0.3 is 10.6 Å². The van der Waals surface area contributed by atoms with Gasteiger partial charge in [-0.3, -0.25) is 14.9 Å². The van der Waals surface area contributed by atoms with Crippen molar-refractivity contribution >= 4 is 24.0 Å². The van der Waals surface area contributed by atoms with Crippen LogP contribution in [0, 0.1) is 15.5 Å². The Labute approximate surface area is 123 Å². The zero-order valence-electron chi connectivity index (χ0n) is 11.2. The maximum absolute atomic E-state index is 12.4. The molecule has 7 heteroatoms. The fourth-order valence-electron chi connectivity index (χ4n) is 2.35. The van der Waals surface area contributed by atoms with Gasteiger partial charge >= 0.3 is 0 Å². The summed E-state index contributed by atoms with van der Waals surface area (Å²) in [5.41, 5.74) is 5.62. The molecular weight excluding hydrogens is 282 g/mol. The molecule has 0 saturated carbocycles. The smallest absolute Gasteiger partial charge is 0.282 e.